The maximum absolute atomic E-state index is 2.36. The molecule has 1 aromatic rings. The van der Waals surface area contributed by atoms with Crippen LogP contribution < -0.4 is 0 Å². The van der Waals surface area contributed by atoms with Gasteiger partial charge >= 0.3 is 0 Å². The second kappa shape index (κ2) is 2.40. The molecular weight excluding hydrogens is 134 g/mol. The monoisotopic (exact) mass is 149 g/mol. The van der Waals surface area contributed by atoms with Crippen LogP contribution in [0.2, 0.25) is 0 Å². The van der Waals surface area contributed by atoms with Crippen LogP contribution in [0.25, 0.3) is 0 Å². The fourth-order valence-electron chi connectivity index (χ4n) is 1.63. The van der Waals surface area contributed by atoms with Gasteiger partial charge in [0.15, 0.2) is 0 Å². The first-order valence-electron chi connectivity index (χ1n) is 4.46. The van der Waals surface area contributed by atoms with Crippen molar-refractivity contribution in [3.05, 3.63) is 23.5 Å². The number of nitrogens with zero attached hydrogens (tertiary/aromatic N) is 1. The van der Waals surface area contributed by atoms with Crippen molar-refractivity contribution in [2.24, 2.45) is 7.05 Å². The lowest BCUT2D eigenvalue weighted by atomic mass is 10.2. The average molecular weight is 149 g/mol. The Bertz CT molecular complexity index is 256. The summed E-state index contributed by atoms with van der Waals surface area (Å²) in [7, 11) is 2.14. The molecule has 0 bridgehead atoms. The van der Waals surface area contributed by atoms with Gasteiger partial charge in [0.05, 0.1) is 0 Å². The summed E-state index contributed by atoms with van der Waals surface area (Å²) in [5.41, 5.74) is 3.02. The lowest BCUT2D eigenvalue weighted by Gasteiger charge is -1.95. The molecule has 1 aromatic heterocycles. The van der Waals surface area contributed by atoms with Crippen LogP contribution in [0.5, 0.6) is 0 Å². The average Bonchev–Trinajstić information content (AvgIpc) is 2.76. The molecule has 0 amide bonds. The summed E-state index contributed by atoms with van der Waals surface area (Å²) in [6, 6.07) is 2.36. The third-order valence-corrected chi connectivity index (χ3v) is 2.54. The van der Waals surface area contributed by atoms with Crippen molar-refractivity contribution in [1.29, 1.82) is 0 Å². The van der Waals surface area contributed by atoms with Crippen LogP contribution >= 0.6 is 0 Å². The van der Waals surface area contributed by atoms with Crippen LogP contribution in [0, 0.1) is 0 Å². The van der Waals surface area contributed by atoms with E-state index >= 15 is 0 Å². The largest absolute Gasteiger partial charge is 0.354 e. The van der Waals surface area contributed by atoms with Crippen molar-refractivity contribution in [3.8, 4) is 0 Å². The smallest absolute Gasteiger partial charge is 0.0171 e. The molecule has 0 aromatic carbocycles. The summed E-state index contributed by atoms with van der Waals surface area (Å²) in [6.45, 7) is 2.21. The van der Waals surface area contributed by atoms with Gasteiger partial charge in [0, 0.05) is 18.9 Å². The molecular formula is C10H15N. The lowest BCUT2D eigenvalue weighted by molar-refractivity contribution is 0.835. The van der Waals surface area contributed by atoms with Gasteiger partial charge in [0.2, 0.25) is 0 Å². The highest BCUT2D eigenvalue weighted by Crippen LogP contribution is 2.40. The zero-order valence-electron chi connectivity index (χ0n) is 7.30. The van der Waals surface area contributed by atoms with E-state index in [2.05, 4.69) is 30.8 Å². The molecule has 0 saturated heterocycles. The Morgan fingerprint density at radius 3 is 2.73 bits per heavy atom. The van der Waals surface area contributed by atoms with Crippen molar-refractivity contribution < 1.29 is 0 Å². The van der Waals surface area contributed by atoms with Gasteiger partial charge in [-0.15, -0.1) is 0 Å². The van der Waals surface area contributed by atoms with Gasteiger partial charge in [-0.05, 0) is 36.8 Å². The molecule has 1 fully saturated rings. The van der Waals surface area contributed by atoms with Crippen LogP contribution in [0.4, 0.5) is 0 Å². The second-order valence-electron chi connectivity index (χ2n) is 3.50. The van der Waals surface area contributed by atoms with Crippen molar-refractivity contribution in [2.75, 3.05) is 0 Å². The summed E-state index contributed by atoms with van der Waals surface area (Å²) < 4.78 is 2.26. The predicted molar refractivity (Wildman–Crippen MR) is 46.8 cm³/mol. The molecule has 1 saturated carbocycles. The summed E-state index contributed by atoms with van der Waals surface area (Å²) in [4.78, 5) is 0. The molecule has 11 heavy (non-hydrogen) atoms. The molecule has 0 N–H and O–H groups in total. The molecule has 0 spiro atoms. The molecule has 0 radical (unpaired) electrons. The Balaban J connectivity index is 2.28. The maximum atomic E-state index is 2.36. The van der Waals surface area contributed by atoms with E-state index in [0.29, 0.717) is 0 Å². The Hall–Kier alpha value is -0.720. The van der Waals surface area contributed by atoms with Crippen LogP contribution in [0.3, 0.4) is 0 Å². The molecule has 1 heterocycles. The van der Waals surface area contributed by atoms with Gasteiger partial charge in [-0.1, -0.05) is 6.92 Å². The van der Waals surface area contributed by atoms with E-state index in [0.717, 1.165) is 12.3 Å². The van der Waals surface area contributed by atoms with E-state index < -0.39 is 0 Å². The standard InChI is InChI=1S/C10H15N/c1-3-10-6-9(7-11(10)2)8-4-5-8/h6-8H,3-5H2,1-2H3. The first-order chi connectivity index (χ1) is 5.31. The minimum absolute atomic E-state index is 0.904. The van der Waals surface area contributed by atoms with E-state index in [-0.39, 0.29) is 0 Å². The van der Waals surface area contributed by atoms with E-state index in [9.17, 15) is 0 Å². The van der Waals surface area contributed by atoms with Crippen molar-refractivity contribution in [3.63, 3.8) is 0 Å². The number of aromatic nitrogens is 1. The van der Waals surface area contributed by atoms with E-state index in [1.54, 1.807) is 5.56 Å². The van der Waals surface area contributed by atoms with Crippen LogP contribution in [0.15, 0.2) is 12.3 Å². The number of hydrogen-bond acceptors (Lipinski definition) is 0. The molecule has 1 heteroatoms. The Labute approximate surface area is 68.0 Å². The number of hydrogen-bond donors (Lipinski definition) is 0. The van der Waals surface area contributed by atoms with Gasteiger partial charge in [-0.25, -0.2) is 0 Å². The zero-order chi connectivity index (χ0) is 7.84. The first-order valence-corrected chi connectivity index (χ1v) is 4.46. The molecule has 0 atom stereocenters. The Morgan fingerprint density at radius 1 is 1.55 bits per heavy atom. The highest BCUT2D eigenvalue weighted by Gasteiger charge is 2.24. The van der Waals surface area contributed by atoms with Gasteiger partial charge in [0.25, 0.3) is 0 Å². The highest BCUT2D eigenvalue weighted by molar-refractivity contribution is 5.25. The SMILES string of the molecule is CCc1cc(C2CC2)cn1C. The van der Waals surface area contributed by atoms with Crippen LogP contribution in [-0.4, -0.2) is 4.57 Å². The second-order valence-corrected chi connectivity index (χ2v) is 3.50. The Kier molecular flexibility index (Phi) is 1.52. The molecule has 0 aliphatic heterocycles. The predicted octanol–water partition coefficient (Wildman–Crippen LogP) is 2.46. The van der Waals surface area contributed by atoms with Gasteiger partial charge in [-0.3, -0.25) is 0 Å². The van der Waals surface area contributed by atoms with Gasteiger partial charge in [0.1, 0.15) is 0 Å². The molecule has 1 aliphatic carbocycles. The topological polar surface area (TPSA) is 4.93 Å². The van der Waals surface area contributed by atoms with E-state index in [4.69, 9.17) is 0 Å². The molecule has 0 unspecified atom stereocenters. The molecule has 60 valence electrons. The quantitative estimate of drug-likeness (QED) is 0.608. The third kappa shape index (κ3) is 1.20. The summed E-state index contributed by atoms with van der Waals surface area (Å²) in [6.07, 6.45) is 6.26. The molecule has 2 rings (SSSR count). The first kappa shape index (κ1) is 6.96. The number of rotatable bonds is 2. The fourth-order valence-corrected chi connectivity index (χ4v) is 1.63. The third-order valence-electron chi connectivity index (χ3n) is 2.54. The minimum Gasteiger partial charge on any atom is -0.354 e. The molecule has 1 nitrogen and oxygen atoms in total. The highest BCUT2D eigenvalue weighted by atomic mass is 14.9. The zero-order valence-corrected chi connectivity index (χ0v) is 7.30. The fraction of sp³-hybridized carbons (Fsp3) is 0.600. The van der Waals surface area contributed by atoms with Crippen LogP contribution in [-0.2, 0) is 13.5 Å². The van der Waals surface area contributed by atoms with Crippen LogP contribution in [0.1, 0.15) is 36.9 Å². The normalized spacial score (nSPS) is 17.3. The maximum Gasteiger partial charge on any atom is 0.0171 e. The number of aryl methyl sites for hydroxylation is 2. The van der Waals surface area contributed by atoms with Gasteiger partial charge in [-0.2, -0.15) is 0 Å². The van der Waals surface area contributed by atoms with E-state index in [1.807, 2.05) is 0 Å². The summed E-state index contributed by atoms with van der Waals surface area (Å²) in [5.74, 6) is 0.904. The van der Waals surface area contributed by atoms with E-state index in [1.165, 1.54) is 18.5 Å². The minimum atomic E-state index is 0.904. The van der Waals surface area contributed by atoms with Crippen molar-refractivity contribution in [1.82, 2.24) is 4.57 Å². The molecule has 1 aliphatic rings. The van der Waals surface area contributed by atoms with Crippen molar-refractivity contribution >= 4 is 0 Å². The summed E-state index contributed by atoms with van der Waals surface area (Å²) >= 11 is 0. The van der Waals surface area contributed by atoms with Gasteiger partial charge < -0.3 is 4.57 Å². The lowest BCUT2D eigenvalue weighted by Crippen LogP contribution is -1.90. The van der Waals surface area contributed by atoms with Crippen molar-refractivity contribution in [2.45, 2.75) is 32.1 Å². The Morgan fingerprint density at radius 2 is 2.27 bits per heavy atom. The summed E-state index contributed by atoms with van der Waals surface area (Å²) in [5, 5.41) is 0.